The molecule has 0 radical (unpaired) electrons. The van der Waals surface area contributed by atoms with E-state index in [0.717, 1.165) is 11.3 Å². The standard InChI is InChI=1S/C25H30N4O6S/c1-25(2,3)27-23(30)22-17-12-16(29(32)33)6-7-18(17)26-19(9-10-36-4)24(31)28(22)13-15-5-8-20-21(11-15)35-14-34-20/h5-8,11-12,19,22,26H,9-10,13-14H2,1-4H3,(H,27,30)/t19-,22?/m0/s1. The highest BCUT2D eigenvalue weighted by molar-refractivity contribution is 7.98. The summed E-state index contributed by atoms with van der Waals surface area (Å²) in [6.07, 6.45) is 2.49. The lowest BCUT2D eigenvalue weighted by molar-refractivity contribution is -0.384. The van der Waals surface area contributed by atoms with Crippen molar-refractivity contribution in [2.24, 2.45) is 0 Å². The molecule has 10 nitrogen and oxygen atoms in total. The van der Waals surface area contributed by atoms with Crippen LogP contribution in [0.1, 0.15) is 44.4 Å². The van der Waals surface area contributed by atoms with Crippen LogP contribution in [0, 0.1) is 10.1 Å². The number of nitro benzene ring substituents is 1. The van der Waals surface area contributed by atoms with Crippen molar-refractivity contribution >= 4 is 35.0 Å². The highest BCUT2D eigenvalue weighted by atomic mass is 32.2. The van der Waals surface area contributed by atoms with Gasteiger partial charge in [-0.25, -0.2) is 0 Å². The van der Waals surface area contributed by atoms with E-state index in [-0.39, 0.29) is 24.9 Å². The Balaban J connectivity index is 1.83. The molecule has 2 aliphatic heterocycles. The molecule has 2 amide bonds. The number of anilines is 1. The molecule has 11 heteroatoms. The summed E-state index contributed by atoms with van der Waals surface area (Å²) in [6, 6.07) is 8.05. The quantitative estimate of drug-likeness (QED) is 0.422. The van der Waals surface area contributed by atoms with Crippen LogP contribution in [0.4, 0.5) is 11.4 Å². The molecule has 2 atom stereocenters. The van der Waals surface area contributed by atoms with E-state index < -0.39 is 28.5 Å². The van der Waals surface area contributed by atoms with E-state index in [1.54, 1.807) is 30.0 Å². The predicted molar refractivity (Wildman–Crippen MR) is 137 cm³/mol. The lowest BCUT2D eigenvalue weighted by atomic mass is 9.99. The second-order valence-corrected chi connectivity index (χ2v) is 10.8. The molecule has 36 heavy (non-hydrogen) atoms. The highest BCUT2D eigenvalue weighted by Gasteiger charge is 2.41. The van der Waals surface area contributed by atoms with Gasteiger partial charge in [-0.2, -0.15) is 11.8 Å². The van der Waals surface area contributed by atoms with Gasteiger partial charge in [0.2, 0.25) is 18.6 Å². The number of hydrogen-bond acceptors (Lipinski definition) is 8. The van der Waals surface area contributed by atoms with Gasteiger partial charge in [-0.1, -0.05) is 6.07 Å². The molecule has 2 aromatic carbocycles. The number of fused-ring (bicyclic) bond motifs is 2. The van der Waals surface area contributed by atoms with Crippen LogP contribution >= 0.6 is 11.8 Å². The van der Waals surface area contributed by atoms with Gasteiger partial charge < -0.3 is 25.0 Å². The Morgan fingerprint density at radius 2 is 1.97 bits per heavy atom. The van der Waals surface area contributed by atoms with Gasteiger partial charge in [0.15, 0.2) is 11.5 Å². The van der Waals surface area contributed by atoms with Crippen LogP contribution < -0.4 is 20.1 Å². The zero-order chi connectivity index (χ0) is 26.0. The van der Waals surface area contributed by atoms with Crippen molar-refractivity contribution in [1.82, 2.24) is 10.2 Å². The third-order valence-corrected chi connectivity index (χ3v) is 6.55. The smallest absolute Gasteiger partial charge is 0.269 e. The maximum atomic E-state index is 13.9. The van der Waals surface area contributed by atoms with Crippen LogP contribution in [0.5, 0.6) is 11.5 Å². The van der Waals surface area contributed by atoms with Gasteiger partial charge in [0.25, 0.3) is 5.69 Å². The number of benzene rings is 2. The Labute approximate surface area is 213 Å². The Kier molecular flexibility index (Phi) is 7.30. The molecular formula is C25H30N4O6S. The molecule has 0 aromatic heterocycles. The molecular weight excluding hydrogens is 484 g/mol. The number of ether oxygens (including phenoxy) is 2. The van der Waals surface area contributed by atoms with Crippen LogP contribution in [-0.4, -0.2) is 52.0 Å². The average Bonchev–Trinajstić information content (AvgIpc) is 3.24. The van der Waals surface area contributed by atoms with E-state index in [1.807, 2.05) is 33.1 Å². The van der Waals surface area contributed by atoms with Gasteiger partial charge in [-0.15, -0.1) is 0 Å². The number of amides is 2. The molecule has 0 spiro atoms. The van der Waals surface area contributed by atoms with Gasteiger partial charge in [0.1, 0.15) is 12.1 Å². The highest BCUT2D eigenvalue weighted by Crippen LogP contribution is 2.38. The zero-order valence-electron chi connectivity index (χ0n) is 20.7. The molecule has 4 rings (SSSR count). The number of nitro groups is 1. The first kappa shape index (κ1) is 25.6. The van der Waals surface area contributed by atoms with E-state index in [2.05, 4.69) is 10.6 Å². The Morgan fingerprint density at radius 1 is 1.22 bits per heavy atom. The SMILES string of the molecule is CSCC[C@@H]1Nc2ccc([N+](=O)[O-])cc2C(C(=O)NC(C)(C)C)N(Cc2ccc3c(c2)OCO3)C1=O. The van der Waals surface area contributed by atoms with Gasteiger partial charge in [-0.3, -0.25) is 19.7 Å². The third kappa shape index (κ3) is 5.51. The zero-order valence-corrected chi connectivity index (χ0v) is 21.5. The van der Waals surface area contributed by atoms with Crippen molar-refractivity contribution in [1.29, 1.82) is 0 Å². The number of hydrogen-bond donors (Lipinski definition) is 2. The van der Waals surface area contributed by atoms with E-state index in [4.69, 9.17) is 9.47 Å². The molecule has 0 saturated carbocycles. The molecule has 2 heterocycles. The minimum atomic E-state index is -1.08. The number of carbonyl (C=O) groups excluding carboxylic acids is 2. The molecule has 2 N–H and O–H groups in total. The predicted octanol–water partition coefficient (Wildman–Crippen LogP) is 3.86. The van der Waals surface area contributed by atoms with Crippen LogP contribution in [0.15, 0.2) is 36.4 Å². The minimum absolute atomic E-state index is 0.108. The average molecular weight is 515 g/mol. The van der Waals surface area contributed by atoms with Gasteiger partial charge >= 0.3 is 0 Å². The first-order valence-corrected chi connectivity index (χ1v) is 13.0. The normalized spacial score (nSPS) is 18.8. The van der Waals surface area contributed by atoms with Crippen molar-refractivity contribution in [3.05, 3.63) is 57.6 Å². The first-order chi connectivity index (χ1) is 17.1. The summed E-state index contributed by atoms with van der Waals surface area (Å²) in [5.41, 5.74) is 0.929. The van der Waals surface area contributed by atoms with Crippen LogP contribution in [0.25, 0.3) is 0 Å². The summed E-state index contributed by atoms with van der Waals surface area (Å²) in [6.45, 7) is 5.77. The van der Waals surface area contributed by atoms with E-state index >= 15 is 0 Å². The molecule has 0 bridgehead atoms. The number of nitrogens with one attached hydrogen (secondary N) is 2. The fourth-order valence-corrected chi connectivity index (χ4v) is 4.79. The second-order valence-electron chi connectivity index (χ2n) is 9.80. The van der Waals surface area contributed by atoms with Crippen molar-refractivity contribution in [3.8, 4) is 11.5 Å². The molecule has 0 saturated heterocycles. The fraction of sp³-hybridized carbons (Fsp3) is 0.440. The Hall–Kier alpha value is -3.47. The number of rotatable bonds is 7. The summed E-state index contributed by atoms with van der Waals surface area (Å²) in [4.78, 5) is 40.3. The van der Waals surface area contributed by atoms with Crippen LogP contribution in [0.3, 0.4) is 0 Å². The molecule has 0 fully saturated rings. The van der Waals surface area contributed by atoms with Gasteiger partial charge in [0.05, 0.1) is 4.92 Å². The first-order valence-electron chi connectivity index (χ1n) is 11.6. The van der Waals surface area contributed by atoms with Crippen molar-refractivity contribution < 1.29 is 24.0 Å². The molecule has 1 unspecified atom stereocenters. The summed E-state index contributed by atoms with van der Waals surface area (Å²) in [5.74, 6) is 1.24. The van der Waals surface area contributed by atoms with Crippen molar-refractivity contribution in [2.75, 3.05) is 24.1 Å². The Morgan fingerprint density at radius 3 is 2.67 bits per heavy atom. The second kappa shape index (κ2) is 10.3. The third-order valence-electron chi connectivity index (χ3n) is 5.91. The maximum Gasteiger partial charge on any atom is 0.269 e. The van der Waals surface area contributed by atoms with E-state index in [9.17, 15) is 19.7 Å². The lowest BCUT2D eigenvalue weighted by Crippen LogP contribution is -2.50. The number of non-ortho nitro benzene ring substituents is 1. The number of thioether (sulfide) groups is 1. The van der Waals surface area contributed by atoms with E-state index in [0.29, 0.717) is 29.2 Å². The van der Waals surface area contributed by atoms with Gasteiger partial charge in [0, 0.05) is 35.5 Å². The molecule has 2 aliphatic rings. The summed E-state index contributed by atoms with van der Waals surface area (Å²) < 4.78 is 10.9. The van der Waals surface area contributed by atoms with Gasteiger partial charge in [-0.05, 0) is 63.0 Å². The molecule has 0 aliphatic carbocycles. The summed E-state index contributed by atoms with van der Waals surface area (Å²) in [7, 11) is 0. The van der Waals surface area contributed by atoms with Crippen LogP contribution in [0.2, 0.25) is 0 Å². The Bertz CT molecular complexity index is 1180. The molecule has 2 aromatic rings. The topological polar surface area (TPSA) is 123 Å². The lowest BCUT2D eigenvalue weighted by Gasteiger charge is -2.33. The van der Waals surface area contributed by atoms with Crippen molar-refractivity contribution in [2.45, 2.75) is 51.4 Å². The summed E-state index contributed by atoms with van der Waals surface area (Å²) >= 11 is 1.62. The number of carbonyl (C=O) groups is 2. The fourth-order valence-electron chi connectivity index (χ4n) is 4.32. The summed E-state index contributed by atoms with van der Waals surface area (Å²) in [5, 5.41) is 17.8. The molecule has 192 valence electrons. The maximum absolute atomic E-state index is 13.9. The minimum Gasteiger partial charge on any atom is -0.454 e. The van der Waals surface area contributed by atoms with E-state index in [1.165, 1.54) is 17.0 Å². The monoisotopic (exact) mass is 514 g/mol. The number of nitrogens with zero attached hydrogens (tertiary/aromatic N) is 2. The van der Waals surface area contributed by atoms with Crippen LogP contribution in [-0.2, 0) is 16.1 Å². The van der Waals surface area contributed by atoms with Crippen molar-refractivity contribution in [3.63, 3.8) is 0 Å². The largest absolute Gasteiger partial charge is 0.454 e.